The van der Waals surface area contributed by atoms with Crippen molar-refractivity contribution in [1.29, 1.82) is 0 Å². The van der Waals surface area contributed by atoms with E-state index in [1.165, 1.54) is 11.3 Å². The van der Waals surface area contributed by atoms with Gasteiger partial charge < -0.3 is 5.11 Å². The van der Waals surface area contributed by atoms with Crippen LogP contribution in [0.2, 0.25) is 0 Å². The summed E-state index contributed by atoms with van der Waals surface area (Å²) in [5.41, 5.74) is 0. The summed E-state index contributed by atoms with van der Waals surface area (Å²) in [4.78, 5) is 12.3. The summed E-state index contributed by atoms with van der Waals surface area (Å²) >= 11 is 1.52. The SMILES string of the molecule is Cc1ccc(C(C)NS(=O)(=O)CCC(=O)O)s1. The standard InChI is InChI=1S/C10H15NO4S2/c1-7-3-4-9(16-7)8(2)11-17(14,15)6-5-10(12)13/h3-4,8,11H,5-6H2,1-2H3,(H,12,13). The average molecular weight is 277 g/mol. The first-order valence-corrected chi connectivity index (χ1v) is 7.55. The van der Waals surface area contributed by atoms with Crippen molar-refractivity contribution >= 4 is 27.3 Å². The number of sulfonamides is 1. The first-order valence-electron chi connectivity index (χ1n) is 5.08. The number of hydrogen-bond acceptors (Lipinski definition) is 4. The number of nitrogens with one attached hydrogen (secondary N) is 1. The van der Waals surface area contributed by atoms with Gasteiger partial charge in [-0.2, -0.15) is 0 Å². The third-order valence-corrected chi connectivity index (χ3v) is 4.77. The normalized spacial score (nSPS) is 13.5. The van der Waals surface area contributed by atoms with Crippen LogP contribution in [0, 0.1) is 6.92 Å². The summed E-state index contributed by atoms with van der Waals surface area (Å²) in [6.45, 7) is 3.68. The van der Waals surface area contributed by atoms with Gasteiger partial charge in [0.15, 0.2) is 0 Å². The highest BCUT2D eigenvalue weighted by atomic mass is 32.2. The van der Waals surface area contributed by atoms with E-state index in [1.54, 1.807) is 6.92 Å². The van der Waals surface area contributed by atoms with Crippen molar-refractivity contribution < 1.29 is 18.3 Å². The highest BCUT2D eigenvalue weighted by Gasteiger charge is 2.17. The van der Waals surface area contributed by atoms with Gasteiger partial charge in [-0.25, -0.2) is 13.1 Å². The zero-order valence-electron chi connectivity index (χ0n) is 9.63. The highest BCUT2D eigenvalue weighted by molar-refractivity contribution is 7.89. The Labute approximate surface area is 105 Å². The van der Waals surface area contributed by atoms with E-state index in [-0.39, 0.29) is 12.5 Å². The Bertz CT molecular complexity index is 492. The summed E-state index contributed by atoms with van der Waals surface area (Å²) in [5.74, 6) is -1.51. The smallest absolute Gasteiger partial charge is 0.304 e. The molecule has 0 aliphatic carbocycles. The Kier molecular flexibility index (Phi) is 4.67. The van der Waals surface area contributed by atoms with Crippen molar-refractivity contribution in [2.24, 2.45) is 0 Å². The average Bonchev–Trinajstić information content (AvgIpc) is 2.61. The second kappa shape index (κ2) is 5.61. The molecule has 0 aliphatic rings. The summed E-state index contributed by atoms with van der Waals surface area (Å²) < 4.78 is 25.6. The van der Waals surface area contributed by atoms with Crippen molar-refractivity contribution in [2.75, 3.05) is 5.75 Å². The van der Waals surface area contributed by atoms with Gasteiger partial charge in [0, 0.05) is 9.75 Å². The third kappa shape index (κ3) is 4.84. The number of aryl methyl sites for hydroxylation is 1. The molecule has 7 heteroatoms. The van der Waals surface area contributed by atoms with Gasteiger partial charge >= 0.3 is 5.97 Å². The fourth-order valence-corrected chi connectivity index (χ4v) is 3.48. The van der Waals surface area contributed by atoms with Crippen molar-refractivity contribution in [2.45, 2.75) is 26.3 Å². The molecule has 1 unspecified atom stereocenters. The topological polar surface area (TPSA) is 83.5 Å². The molecule has 2 N–H and O–H groups in total. The lowest BCUT2D eigenvalue weighted by Crippen LogP contribution is -2.29. The zero-order chi connectivity index (χ0) is 13.1. The maximum atomic E-state index is 11.6. The lowest BCUT2D eigenvalue weighted by molar-refractivity contribution is -0.136. The van der Waals surface area contributed by atoms with Crippen LogP contribution in [0.1, 0.15) is 29.1 Å². The van der Waals surface area contributed by atoms with Crippen LogP contribution in [0.5, 0.6) is 0 Å². The number of carbonyl (C=O) groups is 1. The van der Waals surface area contributed by atoms with Crippen LogP contribution in [0.15, 0.2) is 12.1 Å². The molecule has 0 radical (unpaired) electrons. The number of aliphatic carboxylic acids is 1. The van der Waals surface area contributed by atoms with E-state index in [2.05, 4.69) is 4.72 Å². The summed E-state index contributed by atoms with van der Waals surface area (Å²) in [6, 6.07) is 3.46. The molecule has 1 rings (SSSR count). The van der Waals surface area contributed by atoms with E-state index < -0.39 is 21.7 Å². The molecular weight excluding hydrogens is 262 g/mol. The van der Waals surface area contributed by atoms with Gasteiger partial charge in [0.1, 0.15) is 0 Å². The highest BCUT2D eigenvalue weighted by Crippen LogP contribution is 2.22. The van der Waals surface area contributed by atoms with E-state index in [0.29, 0.717) is 0 Å². The van der Waals surface area contributed by atoms with Gasteiger partial charge in [0.2, 0.25) is 10.0 Å². The van der Waals surface area contributed by atoms with Crippen molar-refractivity contribution in [3.63, 3.8) is 0 Å². The first-order chi connectivity index (χ1) is 7.80. The molecule has 1 heterocycles. The molecule has 0 bridgehead atoms. The second-order valence-electron chi connectivity index (χ2n) is 3.75. The number of carboxylic acids is 1. The van der Waals surface area contributed by atoms with Crippen LogP contribution in [0.4, 0.5) is 0 Å². The van der Waals surface area contributed by atoms with Gasteiger partial charge in [-0.15, -0.1) is 11.3 Å². The predicted octanol–water partition coefficient (Wildman–Crippen LogP) is 1.51. The third-order valence-electron chi connectivity index (χ3n) is 2.13. The number of carboxylic acid groups (broad SMARTS) is 1. The molecule has 0 saturated carbocycles. The van der Waals surface area contributed by atoms with Crippen LogP contribution >= 0.6 is 11.3 Å². The largest absolute Gasteiger partial charge is 0.481 e. The van der Waals surface area contributed by atoms with Crippen molar-refractivity contribution in [3.8, 4) is 0 Å². The molecule has 5 nitrogen and oxygen atoms in total. The van der Waals surface area contributed by atoms with Crippen LogP contribution in [0.25, 0.3) is 0 Å². The van der Waals surface area contributed by atoms with Crippen LogP contribution in [-0.4, -0.2) is 25.2 Å². The Hall–Kier alpha value is -0.920. The molecule has 0 spiro atoms. The molecule has 1 aromatic heterocycles. The van der Waals surface area contributed by atoms with Gasteiger partial charge in [-0.3, -0.25) is 4.79 Å². The van der Waals surface area contributed by atoms with E-state index in [0.717, 1.165) is 9.75 Å². The molecular formula is C10H15NO4S2. The Morgan fingerprint density at radius 1 is 1.53 bits per heavy atom. The van der Waals surface area contributed by atoms with E-state index in [9.17, 15) is 13.2 Å². The molecule has 0 aromatic carbocycles. The maximum absolute atomic E-state index is 11.6. The zero-order valence-corrected chi connectivity index (χ0v) is 11.3. The van der Waals surface area contributed by atoms with Crippen LogP contribution in [0.3, 0.4) is 0 Å². The minimum atomic E-state index is -3.54. The molecule has 17 heavy (non-hydrogen) atoms. The molecule has 96 valence electrons. The Balaban J connectivity index is 2.61. The van der Waals surface area contributed by atoms with Gasteiger partial charge in [-0.1, -0.05) is 0 Å². The molecule has 0 aliphatic heterocycles. The monoisotopic (exact) mass is 277 g/mol. The Morgan fingerprint density at radius 2 is 2.18 bits per heavy atom. The summed E-state index contributed by atoms with van der Waals surface area (Å²) in [7, 11) is -3.54. The van der Waals surface area contributed by atoms with Crippen molar-refractivity contribution in [1.82, 2.24) is 4.72 Å². The first kappa shape index (κ1) is 14.1. The van der Waals surface area contributed by atoms with Crippen molar-refractivity contribution in [3.05, 3.63) is 21.9 Å². The van der Waals surface area contributed by atoms with Gasteiger partial charge in [-0.05, 0) is 26.0 Å². The lowest BCUT2D eigenvalue weighted by Gasteiger charge is -2.11. The lowest BCUT2D eigenvalue weighted by atomic mass is 10.3. The van der Waals surface area contributed by atoms with Crippen LogP contribution < -0.4 is 4.72 Å². The number of rotatable bonds is 6. The number of hydrogen-bond donors (Lipinski definition) is 2. The van der Waals surface area contributed by atoms with E-state index in [4.69, 9.17) is 5.11 Å². The molecule has 0 saturated heterocycles. The maximum Gasteiger partial charge on any atom is 0.304 e. The molecule has 1 atom stereocenters. The van der Waals surface area contributed by atoms with Gasteiger partial charge in [0.25, 0.3) is 0 Å². The minimum absolute atomic E-state index is 0.326. The van der Waals surface area contributed by atoms with Crippen LogP contribution in [-0.2, 0) is 14.8 Å². The Morgan fingerprint density at radius 3 is 2.65 bits per heavy atom. The predicted molar refractivity (Wildman–Crippen MR) is 66.6 cm³/mol. The quantitative estimate of drug-likeness (QED) is 0.825. The number of thiophene rings is 1. The molecule has 0 amide bonds. The molecule has 1 aromatic rings. The second-order valence-corrected chi connectivity index (χ2v) is 6.94. The summed E-state index contributed by atoms with van der Waals surface area (Å²) in [5, 5.41) is 8.44. The van der Waals surface area contributed by atoms with E-state index >= 15 is 0 Å². The fraction of sp³-hybridized carbons (Fsp3) is 0.500. The fourth-order valence-electron chi connectivity index (χ4n) is 1.29. The minimum Gasteiger partial charge on any atom is -0.481 e. The van der Waals surface area contributed by atoms with Gasteiger partial charge in [0.05, 0.1) is 18.2 Å². The molecule has 0 fully saturated rings. The van der Waals surface area contributed by atoms with E-state index in [1.807, 2.05) is 19.1 Å². The summed E-state index contributed by atoms with van der Waals surface area (Å²) in [6.07, 6.45) is -0.383.